The Kier molecular flexibility index (Phi) is 3.60. The van der Waals surface area contributed by atoms with Gasteiger partial charge in [0.2, 0.25) is 0 Å². The molecule has 3 aromatic rings. The Morgan fingerprint density at radius 2 is 2.09 bits per heavy atom. The highest BCUT2D eigenvalue weighted by atomic mass is 35.5. The van der Waals surface area contributed by atoms with Crippen molar-refractivity contribution in [1.29, 1.82) is 0 Å². The summed E-state index contributed by atoms with van der Waals surface area (Å²) in [4.78, 5) is 0.926. The number of halogens is 2. The van der Waals surface area contributed by atoms with Crippen molar-refractivity contribution in [2.45, 2.75) is 17.9 Å². The summed E-state index contributed by atoms with van der Waals surface area (Å²) in [6.45, 7) is 1.89. The Balaban J connectivity index is 1.80. The van der Waals surface area contributed by atoms with E-state index in [0.29, 0.717) is 0 Å². The van der Waals surface area contributed by atoms with Crippen molar-refractivity contribution in [3.8, 4) is 0 Å². The summed E-state index contributed by atoms with van der Waals surface area (Å²) in [7, 11) is 0. The fourth-order valence-corrected chi connectivity index (χ4v) is 4.12. The Bertz CT molecular complexity index is 859. The second-order valence-electron chi connectivity index (χ2n) is 5.39. The minimum Gasteiger partial charge on any atom is -0.312 e. The number of nitrogens with zero attached hydrogens (tertiary/aromatic N) is 1. The van der Waals surface area contributed by atoms with Crippen molar-refractivity contribution < 1.29 is 4.39 Å². The zero-order chi connectivity index (χ0) is 15.1. The third-order valence-electron chi connectivity index (χ3n) is 3.94. The molecule has 112 valence electrons. The number of hydrogen-bond donors (Lipinski definition) is 1. The molecule has 22 heavy (non-hydrogen) atoms. The molecule has 0 fully saturated rings. The summed E-state index contributed by atoms with van der Waals surface area (Å²) in [6, 6.07) is 11.2. The third-order valence-corrected chi connectivity index (χ3v) is 5.19. The van der Waals surface area contributed by atoms with Gasteiger partial charge in [0.1, 0.15) is 5.82 Å². The van der Waals surface area contributed by atoms with E-state index in [4.69, 9.17) is 11.6 Å². The van der Waals surface area contributed by atoms with E-state index in [-0.39, 0.29) is 10.8 Å². The normalized spacial score (nSPS) is 14.3. The lowest BCUT2D eigenvalue weighted by Crippen LogP contribution is -2.13. The number of rotatable bonds is 2. The van der Waals surface area contributed by atoms with Crippen molar-refractivity contribution in [1.82, 2.24) is 9.29 Å². The summed E-state index contributed by atoms with van der Waals surface area (Å²) in [5.74, 6) is -0.383. The molecular formula is C17H14ClFN2S. The van der Waals surface area contributed by atoms with Crippen LogP contribution in [0.2, 0.25) is 5.02 Å². The second-order valence-corrected chi connectivity index (χ2v) is 6.84. The summed E-state index contributed by atoms with van der Waals surface area (Å²) >= 11 is 7.45. The molecule has 1 N–H and O–H groups in total. The lowest BCUT2D eigenvalue weighted by atomic mass is 10.1. The van der Waals surface area contributed by atoms with Crippen LogP contribution in [0.5, 0.6) is 0 Å². The predicted octanol–water partition coefficient (Wildman–Crippen LogP) is 4.63. The second kappa shape index (κ2) is 5.61. The molecule has 0 atom stereocenters. The van der Waals surface area contributed by atoms with Crippen molar-refractivity contribution in [2.24, 2.45) is 0 Å². The van der Waals surface area contributed by atoms with Crippen LogP contribution in [0.25, 0.3) is 10.9 Å². The quantitative estimate of drug-likeness (QED) is 0.736. The maximum Gasteiger partial charge on any atom is 0.141 e. The van der Waals surface area contributed by atoms with Crippen molar-refractivity contribution in [3.63, 3.8) is 0 Å². The fourth-order valence-electron chi connectivity index (χ4n) is 2.92. The highest BCUT2D eigenvalue weighted by Crippen LogP contribution is 2.33. The lowest BCUT2D eigenvalue weighted by molar-refractivity contribution is 0.627. The van der Waals surface area contributed by atoms with E-state index < -0.39 is 0 Å². The maximum absolute atomic E-state index is 13.3. The zero-order valence-electron chi connectivity index (χ0n) is 11.8. The predicted molar refractivity (Wildman–Crippen MR) is 90.0 cm³/mol. The Labute approximate surface area is 137 Å². The summed E-state index contributed by atoms with van der Waals surface area (Å²) in [5, 5.41) is 4.95. The Morgan fingerprint density at radius 1 is 1.18 bits per heavy atom. The van der Waals surface area contributed by atoms with Crippen LogP contribution in [-0.4, -0.2) is 10.5 Å². The Hall–Kier alpha value is -1.49. The van der Waals surface area contributed by atoms with Crippen LogP contribution in [-0.2, 0) is 13.0 Å². The van der Waals surface area contributed by atoms with Gasteiger partial charge < -0.3 is 5.32 Å². The highest BCUT2D eigenvalue weighted by Gasteiger charge is 2.15. The molecule has 1 aliphatic rings. The molecule has 1 aliphatic heterocycles. The van der Waals surface area contributed by atoms with E-state index in [0.717, 1.165) is 24.4 Å². The van der Waals surface area contributed by atoms with Gasteiger partial charge in [-0.3, -0.25) is 3.97 Å². The van der Waals surface area contributed by atoms with Crippen LogP contribution < -0.4 is 5.32 Å². The molecule has 5 heteroatoms. The number of benzene rings is 2. The number of hydrogen-bond acceptors (Lipinski definition) is 2. The largest absolute Gasteiger partial charge is 0.312 e. The van der Waals surface area contributed by atoms with Gasteiger partial charge in [-0.25, -0.2) is 4.39 Å². The molecule has 0 unspecified atom stereocenters. The van der Waals surface area contributed by atoms with E-state index in [9.17, 15) is 4.39 Å². The maximum atomic E-state index is 13.3. The van der Waals surface area contributed by atoms with Gasteiger partial charge in [-0.1, -0.05) is 23.7 Å². The van der Waals surface area contributed by atoms with E-state index in [1.165, 1.54) is 28.1 Å². The monoisotopic (exact) mass is 332 g/mol. The summed E-state index contributed by atoms with van der Waals surface area (Å²) < 4.78 is 15.5. The van der Waals surface area contributed by atoms with Gasteiger partial charge in [0.15, 0.2) is 0 Å². The van der Waals surface area contributed by atoms with Crippen molar-refractivity contribution >= 4 is 34.5 Å². The van der Waals surface area contributed by atoms with Gasteiger partial charge >= 0.3 is 0 Å². The standard InChI is InChI=1S/C17H14ClFN2S/c18-14-8-13(4-5-15(14)19)22-21-10-12-6-7-20-9-11-2-1-3-16(21)17(11)12/h1-5,8,10,20H,6-7,9H2. The zero-order valence-corrected chi connectivity index (χ0v) is 13.3. The third kappa shape index (κ3) is 2.41. The molecule has 2 aromatic carbocycles. The molecule has 0 amide bonds. The first kappa shape index (κ1) is 14.1. The topological polar surface area (TPSA) is 17.0 Å². The minimum atomic E-state index is -0.383. The average Bonchev–Trinajstić information content (AvgIpc) is 2.73. The van der Waals surface area contributed by atoms with Gasteiger partial charge in [0, 0.05) is 23.0 Å². The van der Waals surface area contributed by atoms with E-state index in [2.05, 4.69) is 33.7 Å². The molecule has 1 aromatic heterocycles. The van der Waals surface area contributed by atoms with Crippen LogP contribution in [0, 0.1) is 5.82 Å². The molecule has 0 spiro atoms. The van der Waals surface area contributed by atoms with Crippen LogP contribution in [0.3, 0.4) is 0 Å². The van der Waals surface area contributed by atoms with Crippen LogP contribution in [0.1, 0.15) is 11.1 Å². The van der Waals surface area contributed by atoms with Gasteiger partial charge in [-0.05, 0) is 60.3 Å². The van der Waals surface area contributed by atoms with Crippen molar-refractivity contribution in [2.75, 3.05) is 6.54 Å². The minimum absolute atomic E-state index is 0.160. The summed E-state index contributed by atoms with van der Waals surface area (Å²) in [5.41, 5.74) is 3.89. The van der Waals surface area contributed by atoms with Crippen molar-refractivity contribution in [3.05, 3.63) is 64.6 Å². The fraction of sp³-hybridized carbons (Fsp3) is 0.176. The first-order valence-electron chi connectivity index (χ1n) is 7.18. The first-order valence-corrected chi connectivity index (χ1v) is 8.33. The molecule has 4 rings (SSSR count). The van der Waals surface area contributed by atoms with E-state index in [1.54, 1.807) is 24.1 Å². The molecular weight excluding hydrogens is 319 g/mol. The van der Waals surface area contributed by atoms with Gasteiger partial charge in [0.25, 0.3) is 0 Å². The van der Waals surface area contributed by atoms with Gasteiger partial charge in [0.05, 0.1) is 10.5 Å². The lowest BCUT2D eigenvalue weighted by Gasteiger charge is -2.07. The van der Waals surface area contributed by atoms with E-state index in [1.807, 2.05) is 0 Å². The molecule has 0 aliphatic carbocycles. The number of nitrogens with one attached hydrogen (secondary N) is 1. The van der Waals surface area contributed by atoms with E-state index >= 15 is 0 Å². The molecule has 2 nitrogen and oxygen atoms in total. The Morgan fingerprint density at radius 3 is 2.95 bits per heavy atom. The van der Waals surface area contributed by atoms with Crippen LogP contribution >= 0.6 is 23.5 Å². The molecule has 0 saturated heterocycles. The van der Waals surface area contributed by atoms with Gasteiger partial charge in [-0.2, -0.15) is 0 Å². The van der Waals surface area contributed by atoms with Gasteiger partial charge in [-0.15, -0.1) is 0 Å². The highest BCUT2D eigenvalue weighted by molar-refractivity contribution is 7.98. The molecule has 0 bridgehead atoms. The molecule has 2 heterocycles. The van der Waals surface area contributed by atoms with Crippen LogP contribution in [0.4, 0.5) is 4.39 Å². The van der Waals surface area contributed by atoms with Crippen LogP contribution in [0.15, 0.2) is 47.5 Å². The first-order chi connectivity index (χ1) is 10.7. The average molecular weight is 333 g/mol. The molecule has 0 radical (unpaired) electrons. The summed E-state index contributed by atoms with van der Waals surface area (Å²) in [6.07, 6.45) is 3.20. The molecule has 0 saturated carbocycles. The number of aromatic nitrogens is 1. The SMILES string of the molecule is Fc1ccc(Sn2cc3c4c(cccc42)CNCC3)cc1Cl. The smallest absolute Gasteiger partial charge is 0.141 e.